The summed E-state index contributed by atoms with van der Waals surface area (Å²) in [6, 6.07) is 10.5. The summed E-state index contributed by atoms with van der Waals surface area (Å²) in [4.78, 5) is 26.3. The molecule has 0 spiro atoms. The SMILES string of the molecule is Nc1cccc(N2CCC(O)(C(=O)NCc3cc(F)cc(Cl)c3)C2=O)c1. The lowest BCUT2D eigenvalue weighted by molar-refractivity contribution is -0.149. The Kier molecular flexibility index (Phi) is 4.84. The van der Waals surface area contributed by atoms with E-state index in [1.807, 2.05) is 0 Å². The third-order valence-electron chi connectivity index (χ3n) is 4.23. The predicted octanol–water partition coefficient (Wildman–Crippen LogP) is 1.85. The number of nitrogens with one attached hydrogen (secondary N) is 1. The monoisotopic (exact) mass is 377 g/mol. The molecule has 26 heavy (non-hydrogen) atoms. The van der Waals surface area contributed by atoms with E-state index in [2.05, 4.69) is 5.32 Å². The Bertz CT molecular complexity index is 856. The molecule has 0 aromatic heterocycles. The summed E-state index contributed by atoms with van der Waals surface area (Å²) >= 11 is 5.77. The van der Waals surface area contributed by atoms with Crippen molar-refractivity contribution in [2.24, 2.45) is 0 Å². The molecular formula is C18H17ClFN3O3. The van der Waals surface area contributed by atoms with E-state index < -0.39 is 23.2 Å². The fraction of sp³-hybridized carbons (Fsp3) is 0.222. The van der Waals surface area contributed by atoms with Crippen LogP contribution in [-0.4, -0.2) is 29.1 Å². The smallest absolute Gasteiger partial charge is 0.268 e. The first-order valence-electron chi connectivity index (χ1n) is 7.93. The van der Waals surface area contributed by atoms with E-state index in [-0.39, 0.29) is 24.5 Å². The highest BCUT2D eigenvalue weighted by Gasteiger charge is 2.51. The van der Waals surface area contributed by atoms with Crippen LogP contribution < -0.4 is 16.0 Å². The Labute approximate surface area is 154 Å². The number of amides is 2. The molecule has 3 rings (SSSR count). The fourth-order valence-corrected chi connectivity index (χ4v) is 3.14. The molecule has 2 aromatic carbocycles. The minimum atomic E-state index is -2.18. The van der Waals surface area contributed by atoms with E-state index in [0.29, 0.717) is 16.9 Å². The van der Waals surface area contributed by atoms with Crippen LogP contribution in [0.3, 0.4) is 0 Å². The summed E-state index contributed by atoms with van der Waals surface area (Å²) in [5.41, 5.74) is 4.94. The average molecular weight is 378 g/mol. The molecule has 2 aromatic rings. The largest absolute Gasteiger partial charge is 0.399 e. The van der Waals surface area contributed by atoms with Crippen molar-refractivity contribution in [3.05, 3.63) is 58.9 Å². The van der Waals surface area contributed by atoms with Crippen molar-refractivity contribution in [2.45, 2.75) is 18.6 Å². The van der Waals surface area contributed by atoms with E-state index in [1.165, 1.54) is 17.0 Å². The quantitative estimate of drug-likeness (QED) is 0.559. The fourth-order valence-electron chi connectivity index (χ4n) is 2.90. The van der Waals surface area contributed by atoms with Crippen LogP contribution >= 0.6 is 11.6 Å². The Morgan fingerprint density at radius 1 is 1.35 bits per heavy atom. The summed E-state index contributed by atoms with van der Waals surface area (Å²) < 4.78 is 13.3. The zero-order chi connectivity index (χ0) is 18.9. The molecular weight excluding hydrogens is 361 g/mol. The van der Waals surface area contributed by atoms with Crippen LogP contribution in [0.1, 0.15) is 12.0 Å². The first-order valence-corrected chi connectivity index (χ1v) is 8.30. The van der Waals surface area contributed by atoms with Crippen LogP contribution in [0.5, 0.6) is 0 Å². The number of nitrogen functional groups attached to an aromatic ring is 1. The number of carbonyl (C=O) groups is 2. The van der Waals surface area contributed by atoms with Gasteiger partial charge < -0.3 is 21.1 Å². The number of halogens is 2. The molecule has 0 aliphatic carbocycles. The molecule has 0 radical (unpaired) electrons. The number of nitrogens with two attached hydrogens (primary N) is 1. The number of anilines is 2. The van der Waals surface area contributed by atoms with Gasteiger partial charge in [0, 0.05) is 35.9 Å². The molecule has 1 aliphatic heterocycles. The minimum Gasteiger partial charge on any atom is -0.399 e. The summed E-state index contributed by atoms with van der Waals surface area (Å²) in [5, 5.41) is 13.2. The number of hydrogen-bond donors (Lipinski definition) is 3. The maximum atomic E-state index is 13.3. The molecule has 8 heteroatoms. The Hall–Kier alpha value is -2.64. The van der Waals surface area contributed by atoms with Crippen molar-refractivity contribution in [3.63, 3.8) is 0 Å². The highest BCUT2D eigenvalue weighted by atomic mass is 35.5. The number of aliphatic hydroxyl groups is 1. The van der Waals surface area contributed by atoms with Gasteiger partial charge in [-0.2, -0.15) is 0 Å². The summed E-state index contributed by atoms with van der Waals surface area (Å²) in [7, 11) is 0. The molecule has 136 valence electrons. The number of nitrogens with zero attached hydrogens (tertiary/aromatic N) is 1. The number of carbonyl (C=O) groups excluding carboxylic acids is 2. The standard InChI is InChI=1S/C18H17ClFN3O3/c19-12-6-11(7-13(20)8-12)10-22-16(24)18(26)4-5-23(17(18)25)15-3-1-2-14(21)9-15/h1-3,6-9,26H,4-5,10,21H2,(H,22,24). The van der Waals surface area contributed by atoms with Crippen molar-refractivity contribution in [1.29, 1.82) is 0 Å². The molecule has 1 atom stereocenters. The van der Waals surface area contributed by atoms with Crippen LogP contribution in [0.4, 0.5) is 15.8 Å². The van der Waals surface area contributed by atoms with Crippen molar-refractivity contribution in [3.8, 4) is 0 Å². The lowest BCUT2D eigenvalue weighted by Crippen LogP contribution is -2.52. The maximum absolute atomic E-state index is 13.3. The molecule has 1 saturated heterocycles. The van der Waals surface area contributed by atoms with E-state index in [1.54, 1.807) is 24.3 Å². The van der Waals surface area contributed by atoms with Crippen LogP contribution in [0, 0.1) is 5.82 Å². The topological polar surface area (TPSA) is 95.7 Å². The number of rotatable bonds is 4. The molecule has 2 amide bonds. The van der Waals surface area contributed by atoms with Gasteiger partial charge in [-0.3, -0.25) is 9.59 Å². The first-order chi connectivity index (χ1) is 12.3. The summed E-state index contributed by atoms with van der Waals surface area (Å²) in [5.74, 6) is -2.10. The number of benzene rings is 2. The van der Waals surface area contributed by atoms with Gasteiger partial charge in [-0.1, -0.05) is 17.7 Å². The normalized spacial score (nSPS) is 19.7. The highest BCUT2D eigenvalue weighted by molar-refractivity contribution is 6.30. The molecule has 1 heterocycles. The lowest BCUT2D eigenvalue weighted by Gasteiger charge is -2.22. The van der Waals surface area contributed by atoms with Gasteiger partial charge in [0.25, 0.3) is 11.8 Å². The van der Waals surface area contributed by atoms with E-state index in [9.17, 15) is 19.1 Å². The second-order valence-corrected chi connectivity index (χ2v) is 6.56. The second-order valence-electron chi connectivity index (χ2n) is 6.12. The third kappa shape index (κ3) is 3.49. The molecule has 0 bridgehead atoms. The van der Waals surface area contributed by atoms with E-state index in [4.69, 9.17) is 17.3 Å². The van der Waals surface area contributed by atoms with Crippen LogP contribution in [0.15, 0.2) is 42.5 Å². The van der Waals surface area contributed by atoms with Gasteiger partial charge in [0.1, 0.15) is 5.82 Å². The third-order valence-corrected chi connectivity index (χ3v) is 4.45. The Balaban J connectivity index is 1.71. The summed E-state index contributed by atoms with van der Waals surface area (Å²) in [6.45, 7) is 0.113. The van der Waals surface area contributed by atoms with Crippen LogP contribution in [-0.2, 0) is 16.1 Å². The van der Waals surface area contributed by atoms with Gasteiger partial charge in [0.15, 0.2) is 0 Å². The maximum Gasteiger partial charge on any atom is 0.268 e. The van der Waals surface area contributed by atoms with Gasteiger partial charge in [-0.25, -0.2) is 4.39 Å². The average Bonchev–Trinajstić information content (AvgIpc) is 2.88. The van der Waals surface area contributed by atoms with E-state index >= 15 is 0 Å². The van der Waals surface area contributed by atoms with Crippen LogP contribution in [0.25, 0.3) is 0 Å². The zero-order valence-corrected chi connectivity index (χ0v) is 14.5. The van der Waals surface area contributed by atoms with E-state index in [0.717, 1.165) is 6.07 Å². The van der Waals surface area contributed by atoms with Crippen molar-refractivity contribution < 1.29 is 19.1 Å². The van der Waals surface area contributed by atoms with Gasteiger partial charge >= 0.3 is 0 Å². The first kappa shape index (κ1) is 18.2. The molecule has 0 saturated carbocycles. The molecule has 1 unspecified atom stereocenters. The van der Waals surface area contributed by atoms with Gasteiger partial charge in [-0.05, 0) is 42.0 Å². The molecule has 6 nitrogen and oxygen atoms in total. The number of hydrogen-bond acceptors (Lipinski definition) is 4. The van der Waals surface area contributed by atoms with Gasteiger partial charge in [0.2, 0.25) is 5.60 Å². The van der Waals surface area contributed by atoms with Gasteiger partial charge in [-0.15, -0.1) is 0 Å². The summed E-state index contributed by atoms with van der Waals surface area (Å²) in [6.07, 6.45) is -0.0592. The molecule has 1 aliphatic rings. The zero-order valence-electron chi connectivity index (χ0n) is 13.7. The second kappa shape index (κ2) is 6.93. The van der Waals surface area contributed by atoms with Crippen molar-refractivity contribution in [1.82, 2.24) is 5.32 Å². The lowest BCUT2D eigenvalue weighted by atomic mass is 10.0. The van der Waals surface area contributed by atoms with Gasteiger partial charge in [0.05, 0.1) is 0 Å². The van der Waals surface area contributed by atoms with Crippen molar-refractivity contribution >= 4 is 34.8 Å². The molecule has 1 fully saturated rings. The predicted molar refractivity (Wildman–Crippen MR) is 96.0 cm³/mol. The highest BCUT2D eigenvalue weighted by Crippen LogP contribution is 2.29. The Morgan fingerprint density at radius 2 is 2.12 bits per heavy atom. The van der Waals surface area contributed by atoms with Crippen LogP contribution in [0.2, 0.25) is 5.02 Å². The minimum absolute atomic E-state index is 0.0592. The van der Waals surface area contributed by atoms with Crippen molar-refractivity contribution in [2.75, 3.05) is 17.2 Å². The Morgan fingerprint density at radius 3 is 2.81 bits per heavy atom. The molecule has 4 N–H and O–H groups in total.